The molecule has 5 heteroatoms. The monoisotopic (exact) mass is 606 g/mol. The van der Waals surface area contributed by atoms with E-state index in [0.29, 0.717) is 11.4 Å². The predicted octanol–water partition coefficient (Wildman–Crippen LogP) is 10.2. The van der Waals surface area contributed by atoms with Crippen molar-refractivity contribution in [3.63, 3.8) is 0 Å². The second-order valence-corrected chi connectivity index (χ2v) is 11.6. The Bertz CT molecular complexity index is 2360. The summed E-state index contributed by atoms with van der Waals surface area (Å²) in [5.74, 6) is 0.824. The van der Waals surface area contributed by atoms with Crippen molar-refractivity contribution in [1.29, 1.82) is 0 Å². The zero-order chi connectivity index (χ0) is 31.7. The molecule has 0 saturated heterocycles. The van der Waals surface area contributed by atoms with Crippen LogP contribution in [-0.2, 0) is 0 Å². The van der Waals surface area contributed by atoms with Gasteiger partial charge in [0.1, 0.15) is 17.1 Å². The summed E-state index contributed by atoms with van der Waals surface area (Å²) in [6.45, 7) is 2.10. The van der Waals surface area contributed by atoms with Gasteiger partial charge in [0.2, 0.25) is 0 Å². The van der Waals surface area contributed by atoms with E-state index in [1.807, 2.05) is 73.2 Å². The van der Waals surface area contributed by atoms with Crippen LogP contribution in [0.3, 0.4) is 0 Å². The van der Waals surface area contributed by atoms with E-state index in [1.54, 1.807) is 6.07 Å². The number of pyridine rings is 2. The molecule has 0 spiro atoms. The number of aryl methyl sites for hydroxylation is 1. The van der Waals surface area contributed by atoms with E-state index in [9.17, 15) is 5.11 Å². The normalized spacial score (nSPS) is 11.2. The standard InChI is InChI=1S/C42H30N4O/c1-28-25-44-38(24-36(28)31-21-19-30(20-22-31)29-11-4-2-5-12-29)33-14-10-13-32(23-33)37-26-43-27-39-41(37)45-42(35-17-8-9-18-40(35)47)46(39)34-15-6-3-7-16-34/h2-27,47H,1H3. The number of phenols is 1. The zero-order valence-corrected chi connectivity index (χ0v) is 25.7. The first-order chi connectivity index (χ1) is 23.1. The topological polar surface area (TPSA) is 63.8 Å². The number of nitrogens with zero attached hydrogens (tertiary/aromatic N) is 4. The van der Waals surface area contributed by atoms with Gasteiger partial charge in [-0.15, -0.1) is 0 Å². The molecule has 8 aromatic rings. The second kappa shape index (κ2) is 11.9. The molecular weight excluding hydrogens is 576 g/mol. The first kappa shape index (κ1) is 28.2. The van der Waals surface area contributed by atoms with Gasteiger partial charge in [-0.1, -0.05) is 103 Å². The molecule has 5 nitrogen and oxygen atoms in total. The third-order valence-electron chi connectivity index (χ3n) is 8.60. The molecule has 0 amide bonds. The Kier molecular flexibility index (Phi) is 7.12. The number of fused-ring (bicyclic) bond motifs is 1. The molecule has 1 N–H and O–H groups in total. The number of rotatable bonds is 6. The van der Waals surface area contributed by atoms with Crippen molar-refractivity contribution in [2.45, 2.75) is 6.92 Å². The Morgan fingerprint density at radius 1 is 0.532 bits per heavy atom. The molecular formula is C42H30N4O. The van der Waals surface area contributed by atoms with Crippen LogP contribution >= 0.6 is 0 Å². The third-order valence-corrected chi connectivity index (χ3v) is 8.60. The number of benzene rings is 5. The van der Waals surface area contributed by atoms with Crippen molar-refractivity contribution in [1.82, 2.24) is 19.5 Å². The highest BCUT2D eigenvalue weighted by atomic mass is 16.3. The first-order valence-electron chi connectivity index (χ1n) is 15.6. The Hall–Kier alpha value is -6.33. The zero-order valence-electron chi connectivity index (χ0n) is 25.7. The molecule has 8 rings (SSSR count). The summed E-state index contributed by atoms with van der Waals surface area (Å²) in [7, 11) is 0. The van der Waals surface area contributed by atoms with Crippen LogP contribution in [0.25, 0.3) is 72.7 Å². The van der Waals surface area contributed by atoms with Crippen molar-refractivity contribution in [3.05, 3.63) is 164 Å². The minimum atomic E-state index is 0.174. The van der Waals surface area contributed by atoms with Gasteiger partial charge in [-0.2, -0.15) is 0 Å². The van der Waals surface area contributed by atoms with E-state index in [1.165, 1.54) is 11.1 Å². The predicted molar refractivity (Wildman–Crippen MR) is 190 cm³/mol. The SMILES string of the molecule is Cc1cnc(-c2cccc(-c3cncc4c3nc(-c3ccccc3O)n4-c3ccccc3)c2)cc1-c1ccc(-c2ccccc2)cc1. The molecule has 0 unspecified atom stereocenters. The van der Waals surface area contributed by atoms with Crippen LogP contribution in [0, 0.1) is 6.92 Å². The molecule has 3 heterocycles. The van der Waals surface area contributed by atoms with Crippen molar-refractivity contribution in [2.75, 3.05) is 0 Å². The highest BCUT2D eigenvalue weighted by molar-refractivity contribution is 5.95. The third kappa shape index (κ3) is 5.24. The number of phenolic OH excluding ortho intramolecular Hbond substituents is 1. The number of hydrogen-bond acceptors (Lipinski definition) is 4. The smallest absolute Gasteiger partial charge is 0.149 e. The molecule has 0 aliphatic rings. The van der Waals surface area contributed by atoms with Crippen molar-refractivity contribution >= 4 is 11.0 Å². The first-order valence-corrected chi connectivity index (χ1v) is 15.6. The Morgan fingerprint density at radius 3 is 1.98 bits per heavy atom. The van der Waals surface area contributed by atoms with Crippen LogP contribution in [0.15, 0.2) is 158 Å². The molecule has 0 atom stereocenters. The lowest BCUT2D eigenvalue weighted by Gasteiger charge is -2.11. The van der Waals surface area contributed by atoms with E-state index in [-0.39, 0.29) is 5.75 Å². The fraction of sp³-hybridized carbons (Fsp3) is 0.0238. The minimum Gasteiger partial charge on any atom is -0.507 e. The molecule has 0 saturated carbocycles. The van der Waals surface area contributed by atoms with Gasteiger partial charge >= 0.3 is 0 Å². The summed E-state index contributed by atoms with van der Waals surface area (Å²) in [6.07, 6.45) is 5.65. The Balaban J connectivity index is 1.22. The van der Waals surface area contributed by atoms with E-state index in [4.69, 9.17) is 9.97 Å². The largest absolute Gasteiger partial charge is 0.507 e. The Labute approximate surface area is 273 Å². The number of aromatic hydroxyl groups is 1. The fourth-order valence-electron chi connectivity index (χ4n) is 6.20. The molecule has 5 aromatic carbocycles. The quantitative estimate of drug-likeness (QED) is 0.205. The number of imidazole rings is 1. The van der Waals surface area contributed by atoms with Crippen LogP contribution in [0.1, 0.15) is 5.56 Å². The van der Waals surface area contributed by atoms with Gasteiger partial charge in [0.15, 0.2) is 0 Å². The number of hydrogen-bond donors (Lipinski definition) is 1. The molecule has 224 valence electrons. The second-order valence-electron chi connectivity index (χ2n) is 11.6. The molecule has 0 aliphatic carbocycles. The summed E-state index contributed by atoms with van der Waals surface area (Å²) < 4.78 is 2.06. The molecule has 3 aromatic heterocycles. The Morgan fingerprint density at radius 2 is 1.19 bits per heavy atom. The maximum absolute atomic E-state index is 10.8. The van der Waals surface area contributed by atoms with Crippen LogP contribution in [-0.4, -0.2) is 24.6 Å². The maximum Gasteiger partial charge on any atom is 0.149 e. The summed E-state index contributed by atoms with van der Waals surface area (Å²) in [5, 5.41) is 10.8. The summed E-state index contributed by atoms with van der Waals surface area (Å²) >= 11 is 0. The highest BCUT2D eigenvalue weighted by Gasteiger charge is 2.20. The van der Waals surface area contributed by atoms with E-state index < -0.39 is 0 Å². The molecule has 0 bridgehead atoms. The van der Waals surface area contributed by atoms with E-state index >= 15 is 0 Å². The number of aromatic nitrogens is 4. The van der Waals surface area contributed by atoms with Crippen LogP contribution in [0.4, 0.5) is 0 Å². The van der Waals surface area contributed by atoms with Gasteiger partial charge in [-0.05, 0) is 76.7 Å². The van der Waals surface area contributed by atoms with Gasteiger partial charge in [-0.25, -0.2) is 4.98 Å². The molecule has 0 aliphatic heterocycles. The lowest BCUT2D eigenvalue weighted by molar-refractivity contribution is 0.477. The summed E-state index contributed by atoms with van der Waals surface area (Å²) in [6, 6.07) is 47.1. The maximum atomic E-state index is 10.8. The van der Waals surface area contributed by atoms with Gasteiger partial charge in [-0.3, -0.25) is 14.5 Å². The van der Waals surface area contributed by atoms with Crippen LogP contribution in [0.2, 0.25) is 0 Å². The molecule has 47 heavy (non-hydrogen) atoms. The van der Waals surface area contributed by atoms with Gasteiger partial charge in [0.05, 0.1) is 23.0 Å². The molecule has 0 fully saturated rings. The van der Waals surface area contributed by atoms with Crippen molar-refractivity contribution in [3.8, 4) is 67.5 Å². The lowest BCUT2D eigenvalue weighted by atomic mass is 9.96. The van der Waals surface area contributed by atoms with Crippen molar-refractivity contribution in [2.24, 2.45) is 0 Å². The fourth-order valence-corrected chi connectivity index (χ4v) is 6.20. The molecule has 0 radical (unpaired) electrons. The van der Waals surface area contributed by atoms with Gasteiger partial charge < -0.3 is 5.11 Å². The van der Waals surface area contributed by atoms with Gasteiger partial charge in [0.25, 0.3) is 0 Å². The van der Waals surface area contributed by atoms with Crippen molar-refractivity contribution < 1.29 is 5.11 Å². The van der Waals surface area contributed by atoms with E-state index in [0.717, 1.165) is 55.8 Å². The summed E-state index contributed by atoms with van der Waals surface area (Å²) in [5.41, 5.74) is 12.8. The minimum absolute atomic E-state index is 0.174. The number of para-hydroxylation sites is 2. The highest BCUT2D eigenvalue weighted by Crippen LogP contribution is 2.38. The average Bonchev–Trinajstić information content (AvgIpc) is 3.52. The van der Waals surface area contributed by atoms with E-state index in [2.05, 4.69) is 95.3 Å². The van der Waals surface area contributed by atoms with Crippen LogP contribution in [0.5, 0.6) is 5.75 Å². The average molecular weight is 607 g/mol. The van der Waals surface area contributed by atoms with Gasteiger partial charge in [0, 0.05) is 29.2 Å². The summed E-state index contributed by atoms with van der Waals surface area (Å²) in [4.78, 5) is 14.6. The van der Waals surface area contributed by atoms with Crippen LogP contribution < -0.4 is 0 Å². The lowest BCUT2D eigenvalue weighted by Crippen LogP contribution is -1.97.